The molecule has 1 aliphatic rings. The van der Waals surface area contributed by atoms with Crippen molar-refractivity contribution in [3.63, 3.8) is 0 Å². The molecule has 0 bridgehead atoms. The van der Waals surface area contributed by atoms with E-state index in [1.807, 2.05) is 0 Å². The lowest BCUT2D eigenvalue weighted by molar-refractivity contribution is -0.0822. The number of aliphatic hydroxyl groups is 3. The molecule has 0 aromatic rings. The Kier molecular flexibility index (Phi) is 2.20. The Bertz CT molecular complexity index is 120. The number of hydrogen-bond acceptors (Lipinski definition) is 4. The molecule has 60 valence electrons. The first-order valence-corrected chi connectivity index (χ1v) is 2.93. The topological polar surface area (TPSA) is 69.9 Å². The van der Waals surface area contributed by atoms with Crippen LogP contribution >= 0.6 is 0 Å². The standard InChI is InChI=1S/C5H9FO4/c6-5-4(9)3(8)2(1-7)10-5/h2-5,7-9H,1H2/t2-,3-,4+,5-/m0/s1. The number of halogens is 1. The second-order valence-corrected chi connectivity index (χ2v) is 2.19. The van der Waals surface area contributed by atoms with Crippen LogP contribution < -0.4 is 0 Å². The van der Waals surface area contributed by atoms with E-state index in [0.717, 1.165) is 0 Å². The van der Waals surface area contributed by atoms with Crippen LogP contribution in [0.1, 0.15) is 0 Å². The molecule has 1 saturated heterocycles. The lowest BCUT2D eigenvalue weighted by Gasteiger charge is -2.09. The third-order valence-electron chi connectivity index (χ3n) is 1.48. The van der Waals surface area contributed by atoms with E-state index >= 15 is 0 Å². The van der Waals surface area contributed by atoms with E-state index in [1.165, 1.54) is 0 Å². The quantitative estimate of drug-likeness (QED) is 0.423. The largest absolute Gasteiger partial charge is 0.394 e. The fourth-order valence-corrected chi connectivity index (χ4v) is 0.854. The van der Waals surface area contributed by atoms with Gasteiger partial charge in [-0.15, -0.1) is 0 Å². The van der Waals surface area contributed by atoms with Gasteiger partial charge in [-0.05, 0) is 0 Å². The molecule has 0 aromatic carbocycles. The molecule has 1 rings (SSSR count). The van der Waals surface area contributed by atoms with Crippen LogP contribution in [0.15, 0.2) is 0 Å². The average molecular weight is 152 g/mol. The van der Waals surface area contributed by atoms with Crippen molar-refractivity contribution in [3.8, 4) is 0 Å². The van der Waals surface area contributed by atoms with Crippen molar-refractivity contribution in [2.75, 3.05) is 6.61 Å². The molecule has 0 aliphatic carbocycles. The van der Waals surface area contributed by atoms with Gasteiger partial charge in [-0.25, -0.2) is 4.39 Å². The van der Waals surface area contributed by atoms with Crippen LogP contribution in [-0.2, 0) is 4.74 Å². The van der Waals surface area contributed by atoms with Gasteiger partial charge in [0.05, 0.1) is 6.61 Å². The molecule has 1 aliphatic heterocycles. The van der Waals surface area contributed by atoms with E-state index in [4.69, 9.17) is 15.3 Å². The molecule has 3 N–H and O–H groups in total. The molecule has 0 radical (unpaired) electrons. The van der Waals surface area contributed by atoms with Gasteiger partial charge in [0.15, 0.2) is 0 Å². The Balaban J connectivity index is 2.53. The Morgan fingerprint density at radius 2 is 1.90 bits per heavy atom. The van der Waals surface area contributed by atoms with Crippen LogP contribution in [0.4, 0.5) is 4.39 Å². The van der Waals surface area contributed by atoms with E-state index < -0.39 is 31.3 Å². The van der Waals surface area contributed by atoms with E-state index in [-0.39, 0.29) is 0 Å². The maximum absolute atomic E-state index is 12.3. The van der Waals surface area contributed by atoms with Crippen molar-refractivity contribution >= 4 is 0 Å². The SMILES string of the molecule is OC[C@@H]1O[C@H](F)[C@H](O)[C@H]1O. The van der Waals surface area contributed by atoms with Crippen molar-refractivity contribution in [2.45, 2.75) is 24.7 Å². The number of aliphatic hydroxyl groups excluding tert-OH is 3. The molecule has 1 heterocycles. The molecule has 0 saturated carbocycles. The highest BCUT2D eigenvalue weighted by atomic mass is 19.1. The summed E-state index contributed by atoms with van der Waals surface area (Å²) < 4.78 is 16.6. The molecule has 4 nitrogen and oxygen atoms in total. The van der Waals surface area contributed by atoms with Crippen LogP contribution in [-0.4, -0.2) is 46.6 Å². The van der Waals surface area contributed by atoms with E-state index in [2.05, 4.69) is 4.74 Å². The van der Waals surface area contributed by atoms with Gasteiger partial charge in [-0.1, -0.05) is 0 Å². The Hall–Kier alpha value is -0.230. The molecule has 5 heteroatoms. The van der Waals surface area contributed by atoms with Gasteiger partial charge in [0.2, 0.25) is 6.36 Å². The maximum atomic E-state index is 12.3. The molecule has 1 fully saturated rings. The summed E-state index contributed by atoms with van der Waals surface area (Å²) >= 11 is 0. The van der Waals surface area contributed by atoms with Crippen LogP contribution in [0.5, 0.6) is 0 Å². The molecule has 4 atom stereocenters. The zero-order valence-corrected chi connectivity index (χ0v) is 5.14. The smallest absolute Gasteiger partial charge is 0.228 e. The van der Waals surface area contributed by atoms with Gasteiger partial charge in [-0.2, -0.15) is 0 Å². The minimum atomic E-state index is -1.88. The molecule has 0 spiro atoms. The van der Waals surface area contributed by atoms with Crippen molar-refractivity contribution < 1.29 is 24.4 Å². The summed E-state index contributed by atoms with van der Waals surface area (Å²) in [6, 6.07) is 0. The first-order valence-electron chi connectivity index (χ1n) is 2.93. The van der Waals surface area contributed by atoms with E-state index in [0.29, 0.717) is 0 Å². The van der Waals surface area contributed by atoms with Crippen LogP contribution in [0, 0.1) is 0 Å². The Labute approximate surface area is 56.9 Å². The van der Waals surface area contributed by atoms with Gasteiger partial charge >= 0.3 is 0 Å². The molecule has 10 heavy (non-hydrogen) atoms. The lowest BCUT2D eigenvalue weighted by Crippen LogP contribution is -2.32. The van der Waals surface area contributed by atoms with Crippen LogP contribution in [0.2, 0.25) is 0 Å². The van der Waals surface area contributed by atoms with Crippen molar-refractivity contribution in [3.05, 3.63) is 0 Å². The van der Waals surface area contributed by atoms with Gasteiger partial charge in [0.25, 0.3) is 0 Å². The first kappa shape index (κ1) is 7.87. The van der Waals surface area contributed by atoms with Crippen LogP contribution in [0.25, 0.3) is 0 Å². The van der Waals surface area contributed by atoms with Gasteiger partial charge < -0.3 is 20.1 Å². The molecule has 0 unspecified atom stereocenters. The predicted molar refractivity (Wildman–Crippen MR) is 28.9 cm³/mol. The van der Waals surface area contributed by atoms with Gasteiger partial charge in [-0.3, -0.25) is 0 Å². The maximum Gasteiger partial charge on any atom is 0.228 e. The first-order chi connectivity index (χ1) is 4.66. The summed E-state index contributed by atoms with van der Waals surface area (Å²) in [6.07, 6.45) is -5.73. The van der Waals surface area contributed by atoms with Gasteiger partial charge in [0.1, 0.15) is 18.3 Å². The van der Waals surface area contributed by atoms with E-state index in [9.17, 15) is 4.39 Å². The van der Waals surface area contributed by atoms with Gasteiger partial charge in [0, 0.05) is 0 Å². The second kappa shape index (κ2) is 2.79. The summed E-state index contributed by atoms with van der Waals surface area (Å²) in [5, 5.41) is 26.0. The second-order valence-electron chi connectivity index (χ2n) is 2.19. The number of ether oxygens (including phenoxy) is 1. The highest BCUT2D eigenvalue weighted by molar-refractivity contribution is 4.85. The minimum absolute atomic E-state index is 0.487. The van der Waals surface area contributed by atoms with E-state index in [1.54, 1.807) is 0 Å². The third kappa shape index (κ3) is 1.13. The zero-order valence-electron chi connectivity index (χ0n) is 5.14. The molecule has 0 amide bonds. The molecule has 0 aromatic heterocycles. The summed E-state index contributed by atoms with van der Waals surface area (Å²) in [4.78, 5) is 0. The van der Waals surface area contributed by atoms with Crippen LogP contribution in [0.3, 0.4) is 0 Å². The summed E-state index contributed by atoms with van der Waals surface area (Å²) in [5.41, 5.74) is 0. The van der Waals surface area contributed by atoms with Crippen molar-refractivity contribution in [1.82, 2.24) is 0 Å². The van der Waals surface area contributed by atoms with Crippen molar-refractivity contribution in [2.24, 2.45) is 0 Å². The lowest BCUT2D eigenvalue weighted by atomic mass is 10.1. The van der Waals surface area contributed by atoms with Crippen molar-refractivity contribution in [1.29, 1.82) is 0 Å². The fourth-order valence-electron chi connectivity index (χ4n) is 0.854. The minimum Gasteiger partial charge on any atom is -0.394 e. The summed E-state index contributed by atoms with van der Waals surface area (Å²) in [6.45, 7) is -0.487. The normalized spacial score (nSPS) is 48.0. The fraction of sp³-hybridized carbons (Fsp3) is 1.00. The third-order valence-corrected chi connectivity index (χ3v) is 1.48. The molecular weight excluding hydrogens is 143 g/mol. The zero-order chi connectivity index (χ0) is 7.72. The summed E-state index contributed by atoms with van der Waals surface area (Å²) in [5.74, 6) is 0. The Morgan fingerprint density at radius 1 is 1.30 bits per heavy atom. The Morgan fingerprint density at radius 3 is 2.10 bits per heavy atom. The number of hydrogen-bond donors (Lipinski definition) is 3. The number of rotatable bonds is 1. The number of alkyl halides is 1. The highest BCUT2D eigenvalue weighted by Gasteiger charge is 2.42. The highest BCUT2D eigenvalue weighted by Crippen LogP contribution is 2.21. The monoisotopic (exact) mass is 152 g/mol. The predicted octanol–water partition coefficient (Wildman–Crippen LogP) is -1.61. The summed E-state index contributed by atoms with van der Waals surface area (Å²) in [7, 11) is 0. The average Bonchev–Trinajstić information content (AvgIpc) is 2.17. The molecular formula is C5H9FO4.